The number of amides is 3. The number of para-hydroxylation sites is 1. The molecule has 1 aromatic heterocycles. The lowest BCUT2D eigenvalue weighted by molar-refractivity contribution is -0.130. The zero-order chi connectivity index (χ0) is 19.3. The first-order valence-electron chi connectivity index (χ1n) is 7.83. The van der Waals surface area contributed by atoms with Crippen molar-refractivity contribution in [2.75, 3.05) is 7.11 Å². The Morgan fingerprint density at radius 1 is 1.19 bits per heavy atom. The predicted octanol–water partition coefficient (Wildman–Crippen LogP) is 1.26. The third-order valence-corrected chi connectivity index (χ3v) is 3.46. The molecule has 1 atom stereocenters. The third-order valence-electron chi connectivity index (χ3n) is 3.46. The fourth-order valence-corrected chi connectivity index (χ4v) is 2.22. The molecule has 138 valence electrons. The largest absolute Gasteiger partial charge is 0.493 e. The van der Waals surface area contributed by atoms with E-state index in [9.17, 15) is 14.4 Å². The number of esters is 1. The summed E-state index contributed by atoms with van der Waals surface area (Å²) in [4.78, 5) is 35.4. The highest BCUT2D eigenvalue weighted by molar-refractivity contribution is 5.98. The van der Waals surface area contributed by atoms with E-state index in [4.69, 9.17) is 15.2 Å². The number of nitrogens with two attached hydrogens (primary N) is 1. The molecule has 2 rings (SSSR count). The van der Waals surface area contributed by atoms with E-state index in [1.807, 2.05) is 23.5 Å². The summed E-state index contributed by atoms with van der Waals surface area (Å²) in [5.74, 6) is -1.85. The van der Waals surface area contributed by atoms with Gasteiger partial charge in [-0.15, -0.1) is 0 Å². The second-order valence-electron chi connectivity index (χ2n) is 5.75. The number of aromatic nitrogens is 2. The van der Waals surface area contributed by atoms with E-state index in [1.165, 1.54) is 18.0 Å². The lowest BCUT2D eigenvalue weighted by Crippen LogP contribution is -2.45. The molecule has 1 heterocycles. The maximum Gasteiger partial charge on any atom is 0.363 e. The Hall–Kier alpha value is -3.36. The molecule has 3 N–H and O–H groups in total. The molecule has 9 heteroatoms. The number of carbonyl (C=O) groups excluding carboxylic acids is 3. The Bertz CT molecular complexity index is 801. The molecule has 26 heavy (non-hydrogen) atoms. The van der Waals surface area contributed by atoms with Crippen molar-refractivity contribution in [3.63, 3.8) is 0 Å². The van der Waals surface area contributed by atoms with Crippen LogP contribution in [0.4, 0.5) is 4.79 Å². The number of nitrogens with zero attached hydrogens (tertiary/aromatic N) is 2. The van der Waals surface area contributed by atoms with E-state index in [0.717, 1.165) is 5.69 Å². The summed E-state index contributed by atoms with van der Waals surface area (Å²) in [6, 6.07) is 8.08. The van der Waals surface area contributed by atoms with E-state index in [0.29, 0.717) is 0 Å². The monoisotopic (exact) mass is 360 g/mol. The van der Waals surface area contributed by atoms with Crippen molar-refractivity contribution in [1.82, 2.24) is 15.1 Å². The van der Waals surface area contributed by atoms with Crippen LogP contribution in [0.1, 0.15) is 24.3 Å². The average molecular weight is 360 g/mol. The van der Waals surface area contributed by atoms with Gasteiger partial charge < -0.3 is 15.2 Å². The second-order valence-corrected chi connectivity index (χ2v) is 5.75. The number of hydrogen-bond donors (Lipinski definition) is 2. The van der Waals surface area contributed by atoms with Gasteiger partial charge in [0, 0.05) is 0 Å². The number of benzene rings is 1. The quantitative estimate of drug-likeness (QED) is 0.747. The molecule has 0 fully saturated rings. The molecule has 1 aromatic carbocycles. The van der Waals surface area contributed by atoms with Gasteiger partial charge in [0.05, 0.1) is 19.0 Å². The van der Waals surface area contributed by atoms with Gasteiger partial charge in [-0.05, 0) is 18.1 Å². The molecule has 0 aliphatic rings. The van der Waals surface area contributed by atoms with Crippen LogP contribution in [0.3, 0.4) is 0 Å². The van der Waals surface area contributed by atoms with Crippen LogP contribution in [0.25, 0.3) is 5.69 Å². The van der Waals surface area contributed by atoms with E-state index in [2.05, 4.69) is 5.10 Å². The number of imide groups is 1. The molecule has 2 aromatic rings. The summed E-state index contributed by atoms with van der Waals surface area (Å²) < 4.78 is 11.9. The molecule has 0 aliphatic heterocycles. The number of carbonyl (C=O) groups is 3. The summed E-state index contributed by atoms with van der Waals surface area (Å²) in [5, 5.41) is 6.08. The zero-order valence-electron chi connectivity index (χ0n) is 14.6. The van der Waals surface area contributed by atoms with Crippen molar-refractivity contribution in [1.29, 1.82) is 0 Å². The normalized spacial score (nSPS) is 11.7. The highest BCUT2D eigenvalue weighted by atomic mass is 16.6. The molecule has 0 saturated carbocycles. The minimum atomic E-state index is -1.21. The Kier molecular flexibility index (Phi) is 5.94. The SMILES string of the molecule is COc1cn(-c2ccccc2)nc1C(=O)O[C@H](C(=O)NC(N)=O)C(C)C. The second kappa shape index (κ2) is 8.15. The van der Waals surface area contributed by atoms with Gasteiger partial charge in [-0.3, -0.25) is 10.1 Å². The van der Waals surface area contributed by atoms with Gasteiger partial charge in [0.1, 0.15) is 0 Å². The van der Waals surface area contributed by atoms with Crippen LogP contribution in [-0.4, -0.2) is 40.9 Å². The first-order valence-corrected chi connectivity index (χ1v) is 7.83. The average Bonchev–Trinajstić information content (AvgIpc) is 3.03. The minimum absolute atomic E-state index is 0.0890. The number of hydrogen-bond acceptors (Lipinski definition) is 6. The summed E-state index contributed by atoms with van der Waals surface area (Å²) in [5.41, 5.74) is 5.57. The van der Waals surface area contributed by atoms with Crippen molar-refractivity contribution < 1.29 is 23.9 Å². The van der Waals surface area contributed by atoms with Gasteiger partial charge in [-0.25, -0.2) is 14.3 Å². The molecule has 0 saturated heterocycles. The van der Waals surface area contributed by atoms with Gasteiger partial charge in [0.2, 0.25) is 5.69 Å². The van der Waals surface area contributed by atoms with Gasteiger partial charge in [0.15, 0.2) is 11.9 Å². The van der Waals surface area contributed by atoms with Crippen molar-refractivity contribution in [3.8, 4) is 11.4 Å². The standard InChI is InChI=1S/C17H20N4O5/c1-10(2)14(15(22)19-17(18)24)26-16(23)13-12(25-3)9-21(20-13)11-7-5-4-6-8-11/h4-10,14H,1-3H3,(H3,18,19,22,24)/t14-/m0/s1. The summed E-state index contributed by atoms with van der Waals surface area (Å²) in [6.07, 6.45) is 0.321. The van der Waals surface area contributed by atoms with Gasteiger partial charge in [-0.2, -0.15) is 5.10 Å². The predicted molar refractivity (Wildman–Crippen MR) is 91.9 cm³/mol. The van der Waals surface area contributed by atoms with E-state index in [1.54, 1.807) is 26.0 Å². The molecule has 0 bridgehead atoms. The molecular weight excluding hydrogens is 340 g/mol. The maximum atomic E-state index is 12.5. The molecule has 0 unspecified atom stereocenters. The van der Waals surface area contributed by atoms with Crippen molar-refractivity contribution in [2.45, 2.75) is 20.0 Å². The lowest BCUT2D eigenvalue weighted by atomic mass is 10.1. The molecule has 0 spiro atoms. The minimum Gasteiger partial charge on any atom is -0.493 e. The molecular formula is C17H20N4O5. The highest BCUT2D eigenvalue weighted by Gasteiger charge is 2.30. The number of nitrogens with one attached hydrogen (secondary N) is 1. The van der Waals surface area contributed by atoms with E-state index in [-0.39, 0.29) is 17.4 Å². The van der Waals surface area contributed by atoms with Crippen molar-refractivity contribution in [2.24, 2.45) is 11.7 Å². The summed E-state index contributed by atoms with van der Waals surface area (Å²) >= 11 is 0. The van der Waals surface area contributed by atoms with Crippen LogP contribution < -0.4 is 15.8 Å². The Balaban J connectivity index is 2.26. The topological polar surface area (TPSA) is 126 Å². The van der Waals surface area contributed by atoms with Crippen LogP contribution in [0.2, 0.25) is 0 Å². The van der Waals surface area contributed by atoms with E-state index >= 15 is 0 Å². The summed E-state index contributed by atoms with van der Waals surface area (Å²) in [6.45, 7) is 3.33. The maximum absolute atomic E-state index is 12.5. The first kappa shape index (κ1) is 19.0. The Labute approximate surface area is 150 Å². The highest BCUT2D eigenvalue weighted by Crippen LogP contribution is 2.21. The summed E-state index contributed by atoms with van der Waals surface area (Å²) in [7, 11) is 1.39. The van der Waals surface area contributed by atoms with Crippen LogP contribution in [0.15, 0.2) is 36.5 Å². The smallest absolute Gasteiger partial charge is 0.363 e. The fourth-order valence-electron chi connectivity index (χ4n) is 2.22. The van der Waals surface area contributed by atoms with Gasteiger partial charge >= 0.3 is 12.0 Å². The molecule has 3 amide bonds. The van der Waals surface area contributed by atoms with Crippen LogP contribution in [-0.2, 0) is 9.53 Å². The van der Waals surface area contributed by atoms with Crippen LogP contribution in [0, 0.1) is 5.92 Å². The molecule has 0 radical (unpaired) electrons. The number of urea groups is 1. The van der Waals surface area contributed by atoms with Gasteiger partial charge in [0.25, 0.3) is 5.91 Å². The number of primary amides is 1. The number of methoxy groups -OCH3 is 1. The van der Waals surface area contributed by atoms with Gasteiger partial charge in [-0.1, -0.05) is 32.0 Å². The Morgan fingerprint density at radius 2 is 1.85 bits per heavy atom. The third kappa shape index (κ3) is 4.38. The Morgan fingerprint density at radius 3 is 2.38 bits per heavy atom. The number of rotatable bonds is 6. The van der Waals surface area contributed by atoms with Crippen LogP contribution >= 0.6 is 0 Å². The molecule has 0 aliphatic carbocycles. The first-order chi connectivity index (χ1) is 12.3. The lowest BCUT2D eigenvalue weighted by Gasteiger charge is -2.19. The van der Waals surface area contributed by atoms with Crippen molar-refractivity contribution >= 4 is 17.9 Å². The van der Waals surface area contributed by atoms with Crippen molar-refractivity contribution in [3.05, 3.63) is 42.2 Å². The zero-order valence-corrected chi connectivity index (χ0v) is 14.6. The molecule has 9 nitrogen and oxygen atoms in total. The van der Waals surface area contributed by atoms with Crippen LogP contribution in [0.5, 0.6) is 5.75 Å². The number of ether oxygens (including phenoxy) is 2. The fraction of sp³-hybridized carbons (Fsp3) is 0.294. The van der Waals surface area contributed by atoms with E-state index < -0.39 is 24.0 Å².